The van der Waals surface area contributed by atoms with Crippen molar-refractivity contribution in [3.8, 4) is 0 Å². The Kier molecular flexibility index (Phi) is 37.2. The molecule has 25 valence electrons. The third-order valence-electron chi connectivity index (χ3n) is 0. The summed E-state index contributed by atoms with van der Waals surface area (Å²) in [6.07, 6.45) is 0. The van der Waals surface area contributed by atoms with Crippen molar-refractivity contribution < 1.29 is 46.9 Å². The Morgan fingerprint density at radius 3 is 1.20 bits per heavy atom. The molecule has 0 fully saturated rings. The Morgan fingerprint density at radius 2 is 1.20 bits per heavy atom. The normalized spacial score (nSPS) is 3.40. The topological polar surface area (TPSA) is 0 Å². The Balaban J connectivity index is 0. The first-order valence-corrected chi connectivity index (χ1v) is 4.17. The fourth-order valence-electron chi connectivity index (χ4n) is 0. The Morgan fingerprint density at radius 1 is 1.20 bits per heavy atom. The number of hydrogen-bond donors (Lipinski definition) is 0. The van der Waals surface area contributed by atoms with Crippen LogP contribution < -0.4 is 0 Å². The fourth-order valence-corrected chi connectivity index (χ4v) is 0. The van der Waals surface area contributed by atoms with E-state index in [0.717, 1.165) is 0 Å². The molecule has 0 nitrogen and oxygen atoms in total. The van der Waals surface area contributed by atoms with Gasteiger partial charge in [0, 0.05) is 0 Å². The molecule has 0 rings (SSSR count). The summed E-state index contributed by atoms with van der Waals surface area (Å²) in [5.74, 6) is 0. The van der Waals surface area contributed by atoms with Gasteiger partial charge in [0.05, 0.1) is 0 Å². The molecular weight excluding hydrogens is 188 g/mol. The van der Waals surface area contributed by atoms with Crippen molar-refractivity contribution in [2.75, 3.05) is 0 Å². The molecule has 0 aliphatic rings. The number of halogens is 3. The van der Waals surface area contributed by atoms with Gasteiger partial charge in [0.2, 0.25) is 0 Å². The summed E-state index contributed by atoms with van der Waals surface area (Å²) < 4.78 is 29.2. The van der Waals surface area contributed by atoms with Crippen LogP contribution in [-0.4, -0.2) is 0 Å². The second kappa shape index (κ2) is 19.8. The average Bonchev–Trinajstić information content (AvgIpc) is 1.46. The molecule has 0 heterocycles. The van der Waals surface area contributed by atoms with Crippen molar-refractivity contribution in [1.82, 2.24) is 0 Å². The molecule has 5 heavy (non-hydrogen) atoms. The maximum absolute atomic E-state index is 9.81. The second-order valence-corrected chi connectivity index (χ2v) is 0.525. The molecule has 0 aromatic rings. The summed E-state index contributed by atoms with van der Waals surface area (Å²) in [5.41, 5.74) is 0. The first-order chi connectivity index (χ1) is 2.41. The molecule has 0 amide bonds. The van der Waals surface area contributed by atoms with Crippen LogP contribution in [-0.2, 0) is 36.9 Å². The van der Waals surface area contributed by atoms with Gasteiger partial charge in [0.15, 0.2) is 0 Å². The average molecular weight is 188 g/mol. The van der Waals surface area contributed by atoms with Crippen LogP contribution >= 0.6 is 0 Å². The van der Waals surface area contributed by atoms with Crippen molar-refractivity contribution in [3.05, 3.63) is 0 Å². The van der Waals surface area contributed by atoms with Crippen LogP contribution in [0.2, 0.25) is 0 Å². The third kappa shape index (κ3) is 43.2. The first-order valence-electron chi connectivity index (χ1n) is 0.802. The van der Waals surface area contributed by atoms with Gasteiger partial charge in [0.1, 0.15) is 0 Å². The van der Waals surface area contributed by atoms with Crippen LogP contribution in [0.4, 0.5) is 9.95 Å². The molecule has 0 aromatic carbocycles. The van der Waals surface area contributed by atoms with E-state index >= 15 is 0 Å². The number of rotatable bonds is 0. The summed E-state index contributed by atoms with van der Waals surface area (Å²) in [5, 5.41) is 0. The van der Waals surface area contributed by atoms with Gasteiger partial charge in [-0.3, -0.25) is 0 Å². The SMILES string of the molecule is [F][Zn].[F][Zn][F]. The zero-order valence-corrected chi connectivity index (χ0v) is 8.48. The van der Waals surface area contributed by atoms with Crippen LogP contribution in [0, 0.1) is 0 Å². The van der Waals surface area contributed by atoms with Crippen molar-refractivity contribution in [2.45, 2.75) is 0 Å². The first kappa shape index (κ1) is 9.40. The van der Waals surface area contributed by atoms with Gasteiger partial charge in [-0.1, -0.05) is 0 Å². The monoisotopic (exact) mass is 185 g/mol. The molecule has 0 aromatic heterocycles. The number of hydrogen-bond acceptors (Lipinski definition) is 0. The zero-order chi connectivity index (χ0) is 4.71. The summed E-state index contributed by atoms with van der Waals surface area (Å²) in [6, 6.07) is 0. The van der Waals surface area contributed by atoms with Crippen LogP contribution in [0.25, 0.3) is 0 Å². The van der Waals surface area contributed by atoms with E-state index < -0.39 is 18.1 Å². The summed E-state index contributed by atoms with van der Waals surface area (Å²) in [4.78, 5) is 0. The van der Waals surface area contributed by atoms with E-state index in [1.807, 2.05) is 0 Å². The molecule has 0 saturated heterocycles. The van der Waals surface area contributed by atoms with Crippen molar-refractivity contribution in [1.29, 1.82) is 0 Å². The Hall–Kier alpha value is 1.04. The summed E-state index contributed by atoms with van der Waals surface area (Å²) >= 11 is -3.00. The molecular formula is F3Zn2. The molecule has 0 N–H and O–H groups in total. The van der Waals surface area contributed by atoms with E-state index in [4.69, 9.17) is 0 Å². The predicted octanol–water partition coefficient (Wildman–Crippen LogP) is 1.26. The maximum atomic E-state index is 9.81. The van der Waals surface area contributed by atoms with E-state index in [2.05, 4.69) is 0 Å². The van der Waals surface area contributed by atoms with E-state index in [1.54, 1.807) is 0 Å². The minimum atomic E-state index is -2.88. The fraction of sp³-hybridized carbons (Fsp3) is 0. The van der Waals surface area contributed by atoms with Crippen LogP contribution in [0.1, 0.15) is 0 Å². The summed E-state index contributed by atoms with van der Waals surface area (Å²) in [7, 11) is 0. The van der Waals surface area contributed by atoms with Crippen molar-refractivity contribution in [2.24, 2.45) is 0 Å². The van der Waals surface area contributed by atoms with Crippen LogP contribution in [0.3, 0.4) is 0 Å². The van der Waals surface area contributed by atoms with Gasteiger partial charge in [0.25, 0.3) is 0 Å². The molecule has 0 bridgehead atoms. The van der Waals surface area contributed by atoms with E-state index in [0.29, 0.717) is 0 Å². The van der Waals surface area contributed by atoms with Crippen LogP contribution in [0.5, 0.6) is 0 Å². The van der Waals surface area contributed by atoms with Gasteiger partial charge < -0.3 is 0 Å². The van der Waals surface area contributed by atoms with E-state index in [9.17, 15) is 9.95 Å². The minimum absolute atomic E-state index is 0.125. The molecule has 0 spiro atoms. The van der Waals surface area contributed by atoms with Crippen molar-refractivity contribution in [3.63, 3.8) is 0 Å². The predicted molar refractivity (Wildman–Crippen MR) is 3.32 cm³/mol. The summed E-state index contributed by atoms with van der Waals surface area (Å²) in [6.45, 7) is 0. The second-order valence-electron chi connectivity index (χ2n) is 0.101. The van der Waals surface area contributed by atoms with Crippen LogP contribution in [0.15, 0.2) is 0 Å². The quantitative estimate of drug-likeness (QED) is 0.501. The molecule has 0 aliphatic heterocycles. The van der Waals surface area contributed by atoms with Gasteiger partial charge >= 0.3 is 46.9 Å². The molecule has 0 unspecified atom stereocenters. The molecule has 5 heteroatoms. The standard InChI is InChI=1S/3FH.2Zn/h3*1H;;/q;;;+1;+2/p-3. The Bertz CT molecular complexity index is 4.85. The molecule has 0 radical (unpaired) electrons. The molecule has 0 saturated carbocycles. The van der Waals surface area contributed by atoms with E-state index in [-0.39, 0.29) is 18.8 Å². The van der Waals surface area contributed by atoms with Gasteiger partial charge in [-0.05, 0) is 0 Å². The Labute approximate surface area is 47.1 Å². The van der Waals surface area contributed by atoms with Gasteiger partial charge in [-0.25, -0.2) is 0 Å². The third-order valence-corrected chi connectivity index (χ3v) is 0. The van der Waals surface area contributed by atoms with E-state index in [1.165, 1.54) is 0 Å². The van der Waals surface area contributed by atoms with Crippen molar-refractivity contribution >= 4 is 0 Å². The van der Waals surface area contributed by atoms with Gasteiger partial charge in [-0.15, -0.1) is 0 Å². The molecule has 0 aliphatic carbocycles. The zero-order valence-electron chi connectivity index (χ0n) is 2.55. The van der Waals surface area contributed by atoms with Gasteiger partial charge in [-0.2, -0.15) is 0 Å². The molecule has 0 atom stereocenters.